The number of aliphatic hydroxyl groups is 1. The van der Waals surface area contributed by atoms with E-state index in [4.69, 9.17) is 14.3 Å². The van der Waals surface area contributed by atoms with E-state index in [1.165, 1.54) is 0 Å². The quantitative estimate of drug-likeness (QED) is 0.698. The number of nitrogens with one attached hydrogen (secondary N) is 1. The standard InChI is InChI=1S/C10H14N2O5/c1-6-10(15,2-3-16-6)5-11-9-12-7(4-17-9)8(13)14/h4,6,15H,2-3,5H2,1H3,(H,11,12)(H,13,14). The second-order valence-electron chi connectivity index (χ2n) is 4.06. The van der Waals surface area contributed by atoms with E-state index in [1.807, 2.05) is 0 Å². The number of oxazole rings is 1. The molecular weight excluding hydrogens is 228 g/mol. The van der Waals surface area contributed by atoms with E-state index in [1.54, 1.807) is 6.92 Å². The number of carboxylic acids is 1. The summed E-state index contributed by atoms with van der Waals surface area (Å²) in [5.74, 6) is -1.15. The van der Waals surface area contributed by atoms with E-state index in [0.717, 1.165) is 6.26 Å². The Hall–Kier alpha value is -1.60. The van der Waals surface area contributed by atoms with Crippen molar-refractivity contribution in [2.45, 2.75) is 25.0 Å². The van der Waals surface area contributed by atoms with E-state index >= 15 is 0 Å². The first-order valence-corrected chi connectivity index (χ1v) is 5.28. The summed E-state index contributed by atoms with van der Waals surface area (Å²) in [6.07, 6.45) is 1.29. The van der Waals surface area contributed by atoms with E-state index in [-0.39, 0.29) is 24.4 Å². The molecule has 1 fully saturated rings. The van der Waals surface area contributed by atoms with Gasteiger partial charge in [-0.2, -0.15) is 4.98 Å². The van der Waals surface area contributed by atoms with Gasteiger partial charge in [-0.3, -0.25) is 0 Å². The van der Waals surface area contributed by atoms with Gasteiger partial charge < -0.3 is 24.7 Å². The van der Waals surface area contributed by atoms with Gasteiger partial charge in [-0.25, -0.2) is 4.79 Å². The Balaban J connectivity index is 1.95. The fraction of sp³-hybridized carbons (Fsp3) is 0.600. The molecule has 7 nitrogen and oxygen atoms in total. The van der Waals surface area contributed by atoms with Crippen LogP contribution in [0.4, 0.5) is 6.01 Å². The molecule has 0 saturated carbocycles. The molecule has 1 aromatic heterocycles. The summed E-state index contributed by atoms with van der Waals surface area (Å²) in [6.45, 7) is 2.49. The highest BCUT2D eigenvalue weighted by Crippen LogP contribution is 2.25. The van der Waals surface area contributed by atoms with Crippen LogP contribution in [0, 0.1) is 0 Å². The number of hydrogen-bond donors (Lipinski definition) is 3. The summed E-state index contributed by atoms with van der Waals surface area (Å²) < 4.78 is 10.2. The van der Waals surface area contributed by atoms with Crippen molar-refractivity contribution >= 4 is 12.0 Å². The number of rotatable bonds is 4. The lowest BCUT2D eigenvalue weighted by molar-refractivity contribution is -0.0178. The summed E-state index contributed by atoms with van der Waals surface area (Å²) in [7, 11) is 0. The Labute approximate surface area is 97.4 Å². The third kappa shape index (κ3) is 2.40. The van der Waals surface area contributed by atoms with Gasteiger partial charge in [-0.05, 0) is 6.92 Å². The molecule has 1 saturated heterocycles. The van der Waals surface area contributed by atoms with Crippen LogP contribution in [0.3, 0.4) is 0 Å². The largest absolute Gasteiger partial charge is 0.476 e. The SMILES string of the molecule is CC1OCCC1(O)CNc1nc(C(=O)O)co1. The van der Waals surface area contributed by atoms with Crippen molar-refractivity contribution in [1.82, 2.24) is 4.98 Å². The Bertz CT molecular complexity index is 419. The number of aromatic nitrogens is 1. The summed E-state index contributed by atoms with van der Waals surface area (Å²) in [4.78, 5) is 14.3. The van der Waals surface area contributed by atoms with Crippen LogP contribution in [0.1, 0.15) is 23.8 Å². The maximum atomic E-state index is 10.6. The van der Waals surface area contributed by atoms with E-state index in [2.05, 4.69) is 10.3 Å². The number of nitrogens with zero attached hydrogens (tertiary/aromatic N) is 1. The zero-order valence-electron chi connectivity index (χ0n) is 9.34. The highest BCUT2D eigenvalue weighted by Gasteiger charge is 2.39. The molecule has 7 heteroatoms. The highest BCUT2D eigenvalue weighted by atomic mass is 16.5. The first kappa shape index (κ1) is 11.9. The van der Waals surface area contributed by atoms with Gasteiger partial charge >= 0.3 is 5.97 Å². The average molecular weight is 242 g/mol. The molecule has 0 spiro atoms. The highest BCUT2D eigenvalue weighted by molar-refractivity contribution is 5.85. The van der Waals surface area contributed by atoms with Crippen molar-refractivity contribution in [2.24, 2.45) is 0 Å². The molecule has 0 bridgehead atoms. The Morgan fingerprint density at radius 1 is 1.76 bits per heavy atom. The van der Waals surface area contributed by atoms with E-state index in [0.29, 0.717) is 13.0 Å². The molecule has 0 radical (unpaired) electrons. The van der Waals surface area contributed by atoms with Crippen molar-refractivity contribution in [3.63, 3.8) is 0 Å². The van der Waals surface area contributed by atoms with E-state index < -0.39 is 11.6 Å². The van der Waals surface area contributed by atoms with Crippen LogP contribution < -0.4 is 5.32 Å². The van der Waals surface area contributed by atoms with Gasteiger partial charge in [-0.1, -0.05) is 0 Å². The van der Waals surface area contributed by atoms with Crippen molar-refractivity contribution < 1.29 is 24.2 Å². The van der Waals surface area contributed by atoms with Gasteiger partial charge in [-0.15, -0.1) is 0 Å². The van der Waals surface area contributed by atoms with Crippen LogP contribution in [-0.2, 0) is 4.74 Å². The molecule has 1 aliphatic rings. The Morgan fingerprint density at radius 3 is 3.06 bits per heavy atom. The zero-order valence-corrected chi connectivity index (χ0v) is 9.34. The number of hydrogen-bond acceptors (Lipinski definition) is 6. The van der Waals surface area contributed by atoms with Gasteiger partial charge in [0.25, 0.3) is 6.01 Å². The topological polar surface area (TPSA) is 105 Å². The molecule has 1 aliphatic heterocycles. The van der Waals surface area contributed by atoms with Crippen LogP contribution in [-0.4, -0.2) is 46.0 Å². The fourth-order valence-electron chi connectivity index (χ4n) is 1.68. The molecule has 2 unspecified atom stereocenters. The molecule has 17 heavy (non-hydrogen) atoms. The predicted molar refractivity (Wildman–Crippen MR) is 56.9 cm³/mol. The number of anilines is 1. The number of aromatic carboxylic acids is 1. The summed E-state index contributed by atoms with van der Waals surface area (Å²) in [5.41, 5.74) is -1.15. The van der Waals surface area contributed by atoms with Crippen LogP contribution in [0.15, 0.2) is 10.7 Å². The molecule has 1 aromatic rings. The van der Waals surface area contributed by atoms with Gasteiger partial charge in [0.2, 0.25) is 0 Å². The predicted octanol–water partition coefficient (Wildman–Crippen LogP) is 0.325. The average Bonchev–Trinajstić information content (AvgIpc) is 2.85. The first-order chi connectivity index (χ1) is 8.01. The Kier molecular flexibility index (Phi) is 3.03. The van der Waals surface area contributed by atoms with Gasteiger partial charge in [0, 0.05) is 13.0 Å². The lowest BCUT2D eigenvalue weighted by atomic mass is 9.97. The first-order valence-electron chi connectivity index (χ1n) is 5.28. The molecule has 2 atom stereocenters. The smallest absolute Gasteiger partial charge is 0.357 e. The summed E-state index contributed by atoms with van der Waals surface area (Å²) >= 11 is 0. The van der Waals surface area contributed by atoms with Crippen molar-refractivity contribution in [2.75, 3.05) is 18.5 Å². The molecule has 2 rings (SSSR count). The lowest BCUT2D eigenvalue weighted by Crippen LogP contribution is -2.43. The van der Waals surface area contributed by atoms with Crippen LogP contribution in [0.25, 0.3) is 0 Å². The van der Waals surface area contributed by atoms with Crippen LogP contribution >= 0.6 is 0 Å². The minimum atomic E-state index is -1.15. The third-order valence-electron chi connectivity index (χ3n) is 2.93. The lowest BCUT2D eigenvalue weighted by Gasteiger charge is -2.25. The number of ether oxygens (including phenoxy) is 1. The van der Waals surface area contributed by atoms with Gasteiger partial charge in [0.1, 0.15) is 11.9 Å². The molecule has 3 N–H and O–H groups in total. The normalized spacial score (nSPS) is 28.2. The van der Waals surface area contributed by atoms with Crippen molar-refractivity contribution in [1.29, 1.82) is 0 Å². The maximum absolute atomic E-state index is 10.6. The van der Waals surface area contributed by atoms with Gasteiger partial charge in [0.05, 0.1) is 12.6 Å². The molecule has 0 aromatic carbocycles. The second-order valence-corrected chi connectivity index (χ2v) is 4.06. The third-order valence-corrected chi connectivity index (χ3v) is 2.93. The molecule has 0 amide bonds. The number of carbonyl (C=O) groups is 1. The zero-order chi connectivity index (χ0) is 12.5. The van der Waals surface area contributed by atoms with Crippen LogP contribution in [0.5, 0.6) is 0 Å². The van der Waals surface area contributed by atoms with Crippen LogP contribution in [0.2, 0.25) is 0 Å². The van der Waals surface area contributed by atoms with E-state index in [9.17, 15) is 9.90 Å². The molecule has 2 heterocycles. The number of carboxylic acid groups (broad SMARTS) is 1. The minimum absolute atomic E-state index is 0.0786. The summed E-state index contributed by atoms with van der Waals surface area (Å²) in [5, 5.41) is 21.6. The molecule has 94 valence electrons. The minimum Gasteiger partial charge on any atom is -0.476 e. The fourth-order valence-corrected chi connectivity index (χ4v) is 1.68. The second kappa shape index (κ2) is 4.34. The molecular formula is C10H14N2O5. The van der Waals surface area contributed by atoms with Crippen molar-refractivity contribution in [3.05, 3.63) is 12.0 Å². The van der Waals surface area contributed by atoms with Crippen molar-refractivity contribution in [3.8, 4) is 0 Å². The Morgan fingerprint density at radius 2 is 2.53 bits per heavy atom. The summed E-state index contributed by atoms with van der Waals surface area (Å²) in [6, 6.07) is 0.0786. The monoisotopic (exact) mass is 242 g/mol. The van der Waals surface area contributed by atoms with Gasteiger partial charge in [0.15, 0.2) is 5.69 Å². The maximum Gasteiger partial charge on any atom is 0.357 e. The molecule has 0 aliphatic carbocycles.